The van der Waals surface area contributed by atoms with Gasteiger partial charge in [-0.3, -0.25) is 4.79 Å². The number of carbonyl (C=O) groups excluding carboxylic acids is 1. The fraction of sp³-hybridized carbons (Fsp3) is 0.259. The van der Waals surface area contributed by atoms with Crippen molar-refractivity contribution in [1.82, 2.24) is 0 Å². The molecule has 1 N–H and O–H groups in total. The second kappa shape index (κ2) is 11.4. The highest BCUT2D eigenvalue weighted by atomic mass is 79.9. The predicted molar refractivity (Wildman–Crippen MR) is 142 cm³/mol. The summed E-state index contributed by atoms with van der Waals surface area (Å²) < 4.78 is 12.1. The maximum Gasteiger partial charge on any atom is 0.259 e. The molecule has 1 amide bonds. The number of nitrogens with zero attached hydrogens (tertiary/aromatic N) is 1. The molecular formula is C27H25BrN2O3S. The van der Waals surface area contributed by atoms with Crippen molar-refractivity contribution in [3.05, 3.63) is 68.5 Å². The van der Waals surface area contributed by atoms with Crippen molar-refractivity contribution >= 4 is 50.1 Å². The summed E-state index contributed by atoms with van der Waals surface area (Å²) in [6.45, 7) is 2.54. The van der Waals surface area contributed by atoms with Gasteiger partial charge in [0.25, 0.3) is 5.91 Å². The Hall–Kier alpha value is -3.08. The van der Waals surface area contributed by atoms with E-state index >= 15 is 0 Å². The minimum absolute atomic E-state index is 0.119. The number of carbonyl (C=O) groups is 1. The van der Waals surface area contributed by atoms with E-state index in [1.807, 2.05) is 49.4 Å². The number of ether oxygens (including phenoxy) is 2. The first-order chi connectivity index (χ1) is 16.6. The molecule has 0 atom stereocenters. The van der Waals surface area contributed by atoms with Crippen molar-refractivity contribution in [2.75, 3.05) is 18.5 Å². The third kappa shape index (κ3) is 5.52. The van der Waals surface area contributed by atoms with E-state index in [9.17, 15) is 4.79 Å². The van der Waals surface area contributed by atoms with Crippen molar-refractivity contribution in [3.63, 3.8) is 0 Å². The summed E-state index contributed by atoms with van der Waals surface area (Å²) in [5.41, 5.74) is 3.40. The van der Waals surface area contributed by atoms with Crippen LogP contribution >= 0.6 is 27.3 Å². The average molecular weight is 537 g/mol. The Morgan fingerprint density at radius 2 is 2.03 bits per heavy atom. The minimum Gasteiger partial charge on any atom is -0.490 e. The van der Waals surface area contributed by atoms with Crippen molar-refractivity contribution in [1.29, 1.82) is 0 Å². The van der Waals surface area contributed by atoms with Gasteiger partial charge in [-0.25, -0.2) is 4.99 Å². The molecular weight excluding hydrogens is 512 g/mol. The lowest BCUT2D eigenvalue weighted by atomic mass is 9.95. The van der Waals surface area contributed by atoms with Crippen LogP contribution in [0.3, 0.4) is 0 Å². The highest BCUT2D eigenvalue weighted by molar-refractivity contribution is 9.10. The number of fused-ring (bicyclic) bond motifs is 1. The molecule has 2 aromatic carbocycles. The molecule has 0 radical (unpaired) electrons. The van der Waals surface area contributed by atoms with E-state index in [2.05, 4.69) is 27.2 Å². The van der Waals surface area contributed by atoms with E-state index in [0.717, 1.165) is 52.0 Å². The second-order valence-corrected chi connectivity index (χ2v) is 9.66. The van der Waals surface area contributed by atoms with Crippen LogP contribution < -0.4 is 14.8 Å². The molecule has 1 aromatic heterocycles. The summed E-state index contributed by atoms with van der Waals surface area (Å²) in [4.78, 5) is 19.3. The zero-order chi connectivity index (χ0) is 23.9. The first-order valence-corrected chi connectivity index (χ1v) is 12.8. The number of thiophene rings is 1. The molecule has 0 aliphatic heterocycles. The molecule has 4 rings (SSSR count). The zero-order valence-electron chi connectivity index (χ0n) is 18.9. The van der Waals surface area contributed by atoms with Crippen LogP contribution in [0, 0.1) is 12.3 Å². The topological polar surface area (TPSA) is 59.9 Å². The molecule has 1 aliphatic carbocycles. The number of anilines is 1. The summed E-state index contributed by atoms with van der Waals surface area (Å²) in [7, 11) is 0. The number of rotatable bonds is 8. The lowest BCUT2D eigenvalue weighted by Crippen LogP contribution is -2.14. The van der Waals surface area contributed by atoms with Gasteiger partial charge in [0.1, 0.15) is 11.6 Å². The van der Waals surface area contributed by atoms with Crippen LogP contribution in [0.1, 0.15) is 46.1 Å². The van der Waals surface area contributed by atoms with Gasteiger partial charge < -0.3 is 14.8 Å². The number of nitrogens with one attached hydrogen (secondary N) is 1. The van der Waals surface area contributed by atoms with Gasteiger partial charge in [-0.1, -0.05) is 24.1 Å². The van der Waals surface area contributed by atoms with Crippen molar-refractivity contribution in [2.45, 2.75) is 32.6 Å². The van der Waals surface area contributed by atoms with Crippen LogP contribution in [0.4, 0.5) is 10.7 Å². The predicted octanol–water partition coefficient (Wildman–Crippen LogP) is 6.80. The second-order valence-electron chi connectivity index (χ2n) is 7.73. The lowest BCUT2D eigenvalue weighted by molar-refractivity contribution is 0.102. The maximum atomic E-state index is 13.3. The minimum atomic E-state index is -0.119. The summed E-state index contributed by atoms with van der Waals surface area (Å²) >= 11 is 5.15. The van der Waals surface area contributed by atoms with Crippen LogP contribution in [-0.4, -0.2) is 25.3 Å². The van der Waals surface area contributed by atoms with E-state index in [-0.39, 0.29) is 12.5 Å². The summed E-state index contributed by atoms with van der Waals surface area (Å²) in [5.74, 6) is 3.50. The quantitative estimate of drug-likeness (QED) is 0.254. The highest BCUT2D eigenvalue weighted by Crippen LogP contribution is 2.41. The SMILES string of the molecule is C#CCOc1c(Br)cc(C=Nc2sc3c(c2C(=O)Nc2ccccc2)CCCC3)cc1OCC. The van der Waals surface area contributed by atoms with Crippen molar-refractivity contribution < 1.29 is 14.3 Å². The van der Waals surface area contributed by atoms with Gasteiger partial charge in [-0.05, 0) is 83.9 Å². The fourth-order valence-corrected chi connectivity index (χ4v) is 5.71. The monoisotopic (exact) mass is 536 g/mol. The molecule has 0 saturated carbocycles. The first kappa shape index (κ1) is 24.1. The molecule has 0 spiro atoms. The van der Waals surface area contributed by atoms with Crippen LogP contribution in [0.15, 0.2) is 51.9 Å². The summed E-state index contributed by atoms with van der Waals surface area (Å²) in [6.07, 6.45) is 11.2. The third-order valence-electron chi connectivity index (χ3n) is 5.37. The molecule has 0 saturated heterocycles. The maximum absolute atomic E-state index is 13.3. The lowest BCUT2D eigenvalue weighted by Gasteiger charge is -2.13. The van der Waals surface area contributed by atoms with E-state index in [0.29, 0.717) is 23.7 Å². The van der Waals surface area contributed by atoms with Crippen LogP contribution in [0.25, 0.3) is 0 Å². The number of aryl methyl sites for hydroxylation is 1. The van der Waals surface area contributed by atoms with Gasteiger partial charge in [0.2, 0.25) is 0 Å². The Morgan fingerprint density at radius 3 is 2.79 bits per heavy atom. The number of benzene rings is 2. The molecule has 7 heteroatoms. The zero-order valence-corrected chi connectivity index (χ0v) is 21.3. The molecule has 1 heterocycles. The molecule has 174 valence electrons. The molecule has 3 aromatic rings. The van der Waals surface area contributed by atoms with E-state index < -0.39 is 0 Å². The van der Waals surface area contributed by atoms with Crippen molar-refractivity contribution in [2.24, 2.45) is 4.99 Å². The van der Waals surface area contributed by atoms with Crippen LogP contribution in [0.5, 0.6) is 11.5 Å². The standard InChI is InChI=1S/C27H25BrN2O3S/c1-3-14-33-25-21(28)15-18(16-22(25)32-4-2)17-29-27-24(20-12-8-9-13-23(20)34-27)26(31)30-19-10-6-5-7-11-19/h1,5-7,10-11,15-17H,4,8-9,12-14H2,2H3,(H,30,31). The van der Waals surface area contributed by atoms with Crippen molar-refractivity contribution in [3.8, 4) is 23.8 Å². The van der Waals surface area contributed by atoms with Gasteiger partial charge in [-0.2, -0.15) is 0 Å². The van der Waals surface area contributed by atoms with E-state index in [4.69, 9.17) is 20.9 Å². The van der Waals surface area contributed by atoms with Gasteiger partial charge >= 0.3 is 0 Å². The summed E-state index contributed by atoms with van der Waals surface area (Å²) in [6, 6.07) is 13.3. The highest BCUT2D eigenvalue weighted by Gasteiger charge is 2.25. The number of halogens is 1. The largest absolute Gasteiger partial charge is 0.490 e. The Bertz CT molecular complexity index is 1240. The number of aliphatic imine (C=N–C) groups is 1. The molecule has 0 fully saturated rings. The van der Waals surface area contributed by atoms with Gasteiger partial charge in [-0.15, -0.1) is 17.8 Å². The molecule has 34 heavy (non-hydrogen) atoms. The van der Waals surface area contributed by atoms with Crippen LogP contribution in [-0.2, 0) is 12.8 Å². The van der Waals surface area contributed by atoms with Crippen LogP contribution in [0.2, 0.25) is 0 Å². The molecule has 5 nitrogen and oxygen atoms in total. The molecule has 0 unspecified atom stereocenters. The number of hydrogen-bond acceptors (Lipinski definition) is 5. The van der Waals surface area contributed by atoms with Gasteiger partial charge in [0.05, 0.1) is 16.6 Å². The van der Waals surface area contributed by atoms with E-state index in [1.165, 1.54) is 4.88 Å². The number of amides is 1. The average Bonchev–Trinajstić information content (AvgIpc) is 3.22. The normalized spacial score (nSPS) is 12.7. The first-order valence-electron chi connectivity index (χ1n) is 11.2. The number of hydrogen-bond donors (Lipinski definition) is 1. The number of para-hydroxylation sites is 1. The fourth-order valence-electron chi connectivity index (χ4n) is 3.90. The van der Waals surface area contributed by atoms with Gasteiger partial charge in [0.15, 0.2) is 11.5 Å². The Labute approximate surface area is 212 Å². The molecule has 1 aliphatic rings. The Balaban J connectivity index is 1.67. The Kier molecular flexibility index (Phi) is 8.04. The smallest absolute Gasteiger partial charge is 0.259 e. The molecule has 0 bridgehead atoms. The number of terminal acetylenes is 1. The van der Waals surface area contributed by atoms with E-state index in [1.54, 1.807) is 17.6 Å². The summed E-state index contributed by atoms with van der Waals surface area (Å²) in [5, 5.41) is 3.75. The Morgan fingerprint density at radius 1 is 1.24 bits per heavy atom. The van der Waals surface area contributed by atoms with Gasteiger partial charge in [0, 0.05) is 16.8 Å². The third-order valence-corrected chi connectivity index (χ3v) is 7.16.